The van der Waals surface area contributed by atoms with Gasteiger partial charge in [-0.25, -0.2) is 0 Å². The predicted molar refractivity (Wildman–Crippen MR) is 60.1 cm³/mol. The van der Waals surface area contributed by atoms with E-state index >= 15 is 0 Å². The first-order valence-electron chi connectivity index (χ1n) is 5.63. The third kappa shape index (κ3) is 2.10. The minimum Gasteiger partial charge on any atom is -0.371 e. The Balaban J connectivity index is 2.40. The van der Waals surface area contributed by atoms with Gasteiger partial charge >= 0.3 is 11.2 Å². The van der Waals surface area contributed by atoms with Crippen molar-refractivity contribution in [2.75, 3.05) is 6.61 Å². The van der Waals surface area contributed by atoms with Gasteiger partial charge in [0.25, 0.3) is 0 Å². The summed E-state index contributed by atoms with van der Waals surface area (Å²) < 4.78 is 6.81. The van der Waals surface area contributed by atoms with Gasteiger partial charge in [-0.1, -0.05) is 13.3 Å². The van der Waals surface area contributed by atoms with Crippen LogP contribution in [0.1, 0.15) is 31.5 Å². The van der Waals surface area contributed by atoms with Crippen LogP contribution in [0.2, 0.25) is 0 Å². The molecule has 1 aromatic heterocycles. The molecule has 7 nitrogen and oxygen atoms in total. The molecule has 0 saturated carbocycles. The second-order valence-corrected chi connectivity index (χ2v) is 4.23. The molecule has 2 heterocycles. The second-order valence-electron chi connectivity index (χ2n) is 4.23. The molecule has 1 aromatic rings. The summed E-state index contributed by atoms with van der Waals surface area (Å²) in [6.45, 7) is 4.26. The Bertz CT molecular complexity index is 486. The summed E-state index contributed by atoms with van der Waals surface area (Å²) in [7, 11) is 0. The Labute approximate surface area is 97.5 Å². The van der Waals surface area contributed by atoms with Crippen LogP contribution < -0.4 is 5.56 Å². The number of rotatable bonds is 5. The summed E-state index contributed by atoms with van der Waals surface area (Å²) >= 11 is 0. The summed E-state index contributed by atoms with van der Waals surface area (Å²) in [4.78, 5) is 21.6. The molecule has 1 saturated heterocycles. The fourth-order valence-corrected chi connectivity index (χ4v) is 2.13. The summed E-state index contributed by atoms with van der Waals surface area (Å²) in [5.41, 5.74) is -0.644. The first kappa shape index (κ1) is 11.8. The number of nitrogens with one attached hydrogen (secondary N) is 1. The largest absolute Gasteiger partial charge is 0.371 e. The highest BCUT2D eigenvalue weighted by molar-refractivity contribution is 5.32. The Morgan fingerprint density at radius 3 is 2.76 bits per heavy atom. The third-order valence-corrected chi connectivity index (χ3v) is 3.03. The molecule has 0 bridgehead atoms. The molecule has 0 amide bonds. The maximum Gasteiger partial charge on any atom is 0.355 e. The molecule has 0 aromatic carbocycles. The molecular weight excluding hydrogens is 226 g/mol. The molecule has 1 N–H and O–H groups in total. The van der Waals surface area contributed by atoms with Gasteiger partial charge in [0.15, 0.2) is 0 Å². The highest BCUT2D eigenvalue weighted by atomic mass is 16.6. The van der Waals surface area contributed by atoms with Gasteiger partial charge in [0.1, 0.15) is 11.8 Å². The number of epoxide rings is 1. The molecule has 0 aliphatic carbocycles. The average molecular weight is 241 g/mol. The van der Waals surface area contributed by atoms with Crippen molar-refractivity contribution < 1.29 is 9.66 Å². The first-order chi connectivity index (χ1) is 8.06. The Morgan fingerprint density at radius 2 is 2.35 bits per heavy atom. The zero-order valence-corrected chi connectivity index (χ0v) is 9.80. The number of nitrogens with zero attached hydrogens (tertiary/aromatic N) is 2. The molecule has 94 valence electrons. The lowest BCUT2D eigenvalue weighted by Crippen LogP contribution is -2.19. The molecule has 7 heteroatoms. The molecule has 2 unspecified atom stereocenters. The van der Waals surface area contributed by atoms with Crippen molar-refractivity contribution in [2.45, 2.75) is 38.8 Å². The highest BCUT2D eigenvalue weighted by Gasteiger charge is 2.36. The lowest BCUT2D eigenvalue weighted by atomic mass is 10.1. The van der Waals surface area contributed by atoms with Crippen LogP contribution in [0.15, 0.2) is 4.79 Å². The van der Waals surface area contributed by atoms with E-state index in [0.717, 1.165) is 12.8 Å². The van der Waals surface area contributed by atoms with E-state index in [1.165, 1.54) is 0 Å². The topological polar surface area (TPSA) is 93.5 Å². The van der Waals surface area contributed by atoms with E-state index < -0.39 is 10.5 Å². The zero-order valence-electron chi connectivity index (χ0n) is 9.80. The van der Waals surface area contributed by atoms with Crippen LogP contribution in [0.4, 0.5) is 5.69 Å². The van der Waals surface area contributed by atoms with E-state index in [1.807, 2.05) is 6.92 Å². The third-order valence-electron chi connectivity index (χ3n) is 3.03. The fourth-order valence-electron chi connectivity index (χ4n) is 2.13. The average Bonchev–Trinajstić information content (AvgIpc) is 3.02. The molecule has 2 atom stereocenters. The van der Waals surface area contributed by atoms with Crippen molar-refractivity contribution in [1.29, 1.82) is 0 Å². The number of aromatic nitrogens is 2. The number of ether oxygens (including phenoxy) is 1. The van der Waals surface area contributed by atoms with Gasteiger partial charge in [-0.15, -0.1) is 0 Å². The van der Waals surface area contributed by atoms with Crippen molar-refractivity contribution in [2.24, 2.45) is 0 Å². The van der Waals surface area contributed by atoms with Crippen LogP contribution in [0.25, 0.3) is 0 Å². The Morgan fingerprint density at radius 1 is 1.71 bits per heavy atom. The lowest BCUT2D eigenvalue weighted by molar-refractivity contribution is -0.386. The van der Waals surface area contributed by atoms with Crippen molar-refractivity contribution in [1.82, 2.24) is 9.78 Å². The van der Waals surface area contributed by atoms with E-state index in [4.69, 9.17) is 4.74 Å². The van der Waals surface area contributed by atoms with Crippen LogP contribution in [0.3, 0.4) is 0 Å². The van der Waals surface area contributed by atoms with Gasteiger partial charge in [0.05, 0.1) is 17.6 Å². The summed E-state index contributed by atoms with van der Waals surface area (Å²) in [6.07, 6.45) is 1.82. The minimum absolute atomic E-state index is 0.0126. The van der Waals surface area contributed by atoms with Gasteiger partial charge in [-0.3, -0.25) is 24.7 Å². The van der Waals surface area contributed by atoms with Gasteiger partial charge in [-0.2, -0.15) is 0 Å². The van der Waals surface area contributed by atoms with Crippen molar-refractivity contribution in [3.8, 4) is 0 Å². The fraction of sp³-hybridized carbons (Fsp3) is 0.700. The summed E-state index contributed by atoms with van der Waals surface area (Å²) in [5, 5.41) is 13.3. The highest BCUT2D eigenvalue weighted by Crippen LogP contribution is 2.30. The molecule has 1 aliphatic heterocycles. The van der Waals surface area contributed by atoms with Crippen LogP contribution >= 0.6 is 0 Å². The minimum atomic E-state index is -0.644. The van der Waals surface area contributed by atoms with E-state index in [1.54, 1.807) is 11.6 Å². The molecule has 0 spiro atoms. The quantitative estimate of drug-likeness (QED) is 0.475. The van der Waals surface area contributed by atoms with Crippen molar-refractivity contribution >= 4 is 5.69 Å². The summed E-state index contributed by atoms with van der Waals surface area (Å²) in [6, 6.07) is -0.0126. The van der Waals surface area contributed by atoms with E-state index in [0.29, 0.717) is 12.3 Å². The Kier molecular flexibility index (Phi) is 3.01. The SMILES string of the molecule is CCCC(C1CO1)n1[nH]c(=O)c([N+](=O)[O-])c1C. The predicted octanol–water partition coefficient (Wildman–Crippen LogP) is 1.13. The van der Waals surface area contributed by atoms with E-state index in [-0.39, 0.29) is 17.8 Å². The van der Waals surface area contributed by atoms with Crippen LogP contribution in [0.5, 0.6) is 0 Å². The zero-order chi connectivity index (χ0) is 12.6. The second kappa shape index (κ2) is 4.33. The van der Waals surface area contributed by atoms with Crippen molar-refractivity contribution in [3.05, 3.63) is 26.2 Å². The number of H-pyrrole nitrogens is 1. The van der Waals surface area contributed by atoms with E-state index in [9.17, 15) is 14.9 Å². The van der Waals surface area contributed by atoms with Crippen LogP contribution in [0, 0.1) is 17.0 Å². The van der Waals surface area contributed by atoms with Gasteiger partial charge in [-0.05, 0) is 13.3 Å². The van der Waals surface area contributed by atoms with Gasteiger partial charge in [0.2, 0.25) is 0 Å². The molecule has 2 rings (SSSR count). The van der Waals surface area contributed by atoms with Crippen LogP contribution in [-0.4, -0.2) is 27.4 Å². The maximum atomic E-state index is 11.5. The smallest absolute Gasteiger partial charge is 0.355 e. The van der Waals surface area contributed by atoms with Gasteiger partial charge in [0, 0.05) is 0 Å². The van der Waals surface area contributed by atoms with Crippen molar-refractivity contribution in [3.63, 3.8) is 0 Å². The molecule has 0 radical (unpaired) electrons. The standard InChI is InChI=1S/C10H15N3O4/c1-3-4-7(8-5-17-8)12-6(2)9(13(15)16)10(14)11-12/h7-8H,3-5H2,1-2H3,(H,11,14). The molecule has 1 aliphatic rings. The monoisotopic (exact) mass is 241 g/mol. The van der Waals surface area contributed by atoms with Gasteiger partial charge < -0.3 is 4.74 Å². The molecule has 17 heavy (non-hydrogen) atoms. The lowest BCUT2D eigenvalue weighted by Gasteiger charge is -2.16. The Hall–Kier alpha value is -1.63. The van der Waals surface area contributed by atoms with Crippen LogP contribution in [-0.2, 0) is 4.74 Å². The molecule has 1 fully saturated rings. The molecular formula is C10H15N3O4. The normalized spacial score (nSPS) is 20.2. The van der Waals surface area contributed by atoms with E-state index in [2.05, 4.69) is 5.10 Å². The number of nitro groups is 1. The number of aromatic amines is 1. The first-order valence-corrected chi connectivity index (χ1v) is 5.63. The number of hydrogen-bond donors (Lipinski definition) is 1. The number of hydrogen-bond acceptors (Lipinski definition) is 4. The maximum absolute atomic E-state index is 11.5. The summed E-state index contributed by atoms with van der Waals surface area (Å²) in [5.74, 6) is 0.